The topological polar surface area (TPSA) is 66.0 Å². The molecule has 2 N–H and O–H groups in total. The predicted octanol–water partition coefficient (Wildman–Crippen LogP) is 3.17. The van der Waals surface area contributed by atoms with E-state index in [1.54, 1.807) is 7.05 Å². The number of halogens is 1. The maximum Gasteiger partial charge on any atom is 0.221 e. The van der Waals surface area contributed by atoms with E-state index in [4.69, 9.17) is 4.74 Å². The van der Waals surface area contributed by atoms with Crippen molar-refractivity contribution in [2.45, 2.75) is 52.7 Å². The SMILES string of the molecule is CCC(C)NC(=O)CCNC(=NC)N1CCOC(c2ccc(C)cc2C)C1.I. The van der Waals surface area contributed by atoms with Crippen LogP contribution in [0.1, 0.15) is 49.5 Å². The van der Waals surface area contributed by atoms with E-state index in [2.05, 4.69) is 59.5 Å². The third-order valence-corrected chi connectivity index (χ3v) is 5.00. The first-order valence-corrected chi connectivity index (χ1v) is 9.88. The van der Waals surface area contributed by atoms with E-state index in [0.29, 0.717) is 19.6 Å². The number of amides is 1. The molecule has 1 aromatic rings. The fourth-order valence-corrected chi connectivity index (χ4v) is 3.29. The summed E-state index contributed by atoms with van der Waals surface area (Å²) in [5, 5.41) is 6.30. The molecule has 1 heterocycles. The van der Waals surface area contributed by atoms with Crippen LogP contribution in [-0.4, -0.2) is 56.1 Å². The summed E-state index contributed by atoms with van der Waals surface area (Å²) in [5.41, 5.74) is 3.75. The molecular weight excluding hydrogens is 467 g/mol. The van der Waals surface area contributed by atoms with Crippen molar-refractivity contribution >= 4 is 35.8 Å². The Balaban J connectivity index is 0.00000392. The number of morpholine rings is 1. The van der Waals surface area contributed by atoms with Crippen LogP contribution in [-0.2, 0) is 9.53 Å². The minimum Gasteiger partial charge on any atom is -0.370 e. The van der Waals surface area contributed by atoms with E-state index >= 15 is 0 Å². The molecule has 28 heavy (non-hydrogen) atoms. The molecule has 2 atom stereocenters. The highest BCUT2D eigenvalue weighted by Crippen LogP contribution is 2.25. The number of nitrogens with zero attached hydrogens (tertiary/aromatic N) is 2. The summed E-state index contributed by atoms with van der Waals surface area (Å²) in [5.74, 6) is 0.895. The van der Waals surface area contributed by atoms with Crippen LogP contribution in [0.15, 0.2) is 23.2 Å². The van der Waals surface area contributed by atoms with Gasteiger partial charge in [-0.05, 0) is 38.3 Å². The Morgan fingerprint density at radius 2 is 2.14 bits per heavy atom. The van der Waals surface area contributed by atoms with Gasteiger partial charge in [0.05, 0.1) is 13.2 Å². The highest BCUT2D eigenvalue weighted by molar-refractivity contribution is 14.0. The molecule has 1 aliphatic rings. The molecule has 0 aromatic heterocycles. The van der Waals surface area contributed by atoms with Crippen LogP contribution >= 0.6 is 24.0 Å². The largest absolute Gasteiger partial charge is 0.370 e. The second kappa shape index (κ2) is 12.3. The smallest absolute Gasteiger partial charge is 0.221 e. The maximum atomic E-state index is 11.9. The highest BCUT2D eigenvalue weighted by atomic mass is 127. The molecular formula is C21H35IN4O2. The molecule has 2 unspecified atom stereocenters. The molecule has 0 spiro atoms. The van der Waals surface area contributed by atoms with Crippen molar-refractivity contribution in [1.82, 2.24) is 15.5 Å². The molecule has 1 saturated heterocycles. The van der Waals surface area contributed by atoms with Crippen LogP contribution in [0, 0.1) is 13.8 Å². The van der Waals surface area contributed by atoms with E-state index < -0.39 is 0 Å². The number of rotatable bonds is 6. The average Bonchev–Trinajstić information content (AvgIpc) is 2.65. The average molecular weight is 502 g/mol. The minimum atomic E-state index is 0. The van der Waals surface area contributed by atoms with Gasteiger partial charge in [-0.25, -0.2) is 0 Å². The van der Waals surface area contributed by atoms with Gasteiger partial charge in [-0.3, -0.25) is 9.79 Å². The summed E-state index contributed by atoms with van der Waals surface area (Å²) >= 11 is 0. The Morgan fingerprint density at radius 1 is 1.39 bits per heavy atom. The zero-order valence-corrected chi connectivity index (χ0v) is 20.1. The molecule has 158 valence electrons. The number of guanidine groups is 1. The summed E-state index contributed by atoms with van der Waals surface area (Å²) in [6, 6.07) is 6.71. The quantitative estimate of drug-likeness (QED) is 0.357. The molecule has 0 aliphatic carbocycles. The van der Waals surface area contributed by atoms with Gasteiger partial charge < -0.3 is 20.3 Å². The van der Waals surface area contributed by atoms with E-state index in [1.165, 1.54) is 16.7 Å². The lowest BCUT2D eigenvalue weighted by molar-refractivity contribution is -0.121. The number of carbonyl (C=O) groups excluding carboxylic acids is 1. The van der Waals surface area contributed by atoms with Gasteiger partial charge in [0.25, 0.3) is 0 Å². The third-order valence-electron chi connectivity index (χ3n) is 5.00. The van der Waals surface area contributed by atoms with Crippen LogP contribution < -0.4 is 10.6 Å². The van der Waals surface area contributed by atoms with Crippen molar-refractivity contribution in [3.8, 4) is 0 Å². The number of aliphatic imine (C=N–C) groups is 1. The van der Waals surface area contributed by atoms with Crippen molar-refractivity contribution in [3.63, 3.8) is 0 Å². The van der Waals surface area contributed by atoms with Gasteiger partial charge in [0.2, 0.25) is 5.91 Å². The number of benzene rings is 1. The van der Waals surface area contributed by atoms with Crippen LogP contribution in [0.2, 0.25) is 0 Å². The van der Waals surface area contributed by atoms with Crippen LogP contribution in [0.25, 0.3) is 0 Å². The molecule has 6 nitrogen and oxygen atoms in total. The predicted molar refractivity (Wildman–Crippen MR) is 125 cm³/mol. The van der Waals surface area contributed by atoms with E-state index in [1.807, 2.05) is 6.92 Å². The summed E-state index contributed by atoms with van der Waals surface area (Å²) in [6.45, 7) is 11.1. The first-order chi connectivity index (χ1) is 12.9. The Hall–Kier alpha value is -1.35. The van der Waals surface area contributed by atoms with Crippen molar-refractivity contribution in [1.29, 1.82) is 0 Å². The number of ether oxygens (including phenoxy) is 1. The van der Waals surface area contributed by atoms with E-state index in [-0.39, 0.29) is 42.0 Å². The first-order valence-electron chi connectivity index (χ1n) is 9.88. The summed E-state index contributed by atoms with van der Waals surface area (Å²) in [6.07, 6.45) is 1.41. The molecule has 0 bridgehead atoms. The molecule has 1 fully saturated rings. The van der Waals surface area contributed by atoms with Crippen molar-refractivity contribution in [3.05, 3.63) is 34.9 Å². The monoisotopic (exact) mass is 502 g/mol. The molecule has 1 amide bonds. The molecule has 1 aromatic carbocycles. The van der Waals surface area contributed by atoms with Gasteiger partial charge in [0.1, 0.15) is 6.10 Å². The second-order valence-corrected chi connectivity index (χ2v) is 7.27. The zero-order chi connectivity index (χ0) is 19.8. The first kappa shape index (κ1) is 24.7. The Kier molecular flexibility index (Phi) is 10.8. The fourth-order valence-electron chi connectivity index (χ4n) is 3.29. The number of nitrogens with one attached hydrogen (secondary N) is 2. The van der Waals surface area contributed by atoms with Crippen LogP contribution in [0.4, 0.5) is 0 Å². The fraction of sp³-hybridized carbons (Fsp3) is 0.619. The van der Waals surface area contributed by atoms with E-state index in [0.717, 1.165) is 25.5 Å². The normalized spacial score (nSPS) is 18.2. The Bertz CT molecular complexity index is 666. The minimum absolute atomic E-state index is 0. The number of hydrogen-bond acceptors (Lipinski definition) is 3. The van der Waals surface area contributed by atoms with Crippen molar-refractivity contribution in [2.75, 3.05) is 33.3 Å². The number of aryl methyl sites for hydroxylation is 2. The molecule has 2 rings (SSSR count). The second-order valence-electron chi connectivity index (χ2n) is 7.27. The van der Waals surface area contributed by atoms with Crippen molar-refractivity contribution < 1.29 is 9.53 Å². The maximum absolute atomic E-state index is 11.9. The van der Waals surface area contributed by atoms with Gasteiger partial charge in [-0.1, -0.05) is 30.7 Å². The van der Waals surface area contributed by atoms with Gasteiger partial charge in [0.15, 0.2) is 5.96 Å². The zero-order valence-electron chi connectivity index (χ0n) is 17.7. The lowest BCUT2D eigenvalue weighted by Crippen LogP contribution is -2.49. The summed E-state index contributed by atoms with van der Waals surface area (Å²) in [4.78, 5) is 18.5. The lowest BCUT2D eigenvalue weighted by Gasteiger charge is -2.35. The summed E-state index contributed by atoms with van der Waals surface area (Å²) in [7, 11) is 1.78. The number of hydrogen-bond donors (Lipinski definition) is 2. The Labute approximate surface area is 186 Å². The van der Waals surface area contributed by atoms with E-state index in [9.17, 15) is 4.79 Å². The molecule has 7 heteroatoms. The third kappa shape index (κ3) is 7.24. The molecule has 0 radical (unpaired) electrons. The number of carbonyl (C=O) groups is 1. The Morgan fingerprint density at radius 3 is 2.79 bits per heavy atom. The molecule has 1 aliphatic heterocycles. The van der Waals surface area contributed by atoms with Crippen LogP contribution in [0.3, 0.4) is 0 Å². The highest BCUT2D eigenvalue weighted by Gasteiger charge is 2.25. The summed E-state index contributed by atoms with van der Waals surface area (Å²) < 4.78 is 6.02. The van der Waals surface area contributed by atoms with Gasteiger partial charge >= 0.3 is 0 Å². The van der Waals surface area contributed by atoms with Gasteiger partial charge in [-0.15, -0.1) is 24.0 Å². The van der Waals surface area contributed by atoms with Crippen molar-refractivity contribution in [2.24, 2.45) is 4.99 Å². The standard InChI is InChI=1S/C21H34N4O2.HI/c1-6-17(4)24-20(26)9-10-23-21(22-5)25-11-12-27-19(14-25)18-8-7-15(2)13-16(18)3;/h7-8,13,17,19H,6,9-12,14H2,1-5H3,(H,22,23)(H,24,26);1H. The van der Waals surface area contributed by atoms with Gasteiger partial charge in [-0.2, -0.15) is 0 Å². The van der Waals surface area contributed by atoms with Crippen LogP contribution in [0.5, 0.6) is 0 Å². The van der Waals surface area contributed by atoms with Gasteiger partial charge in [0, 0.05) is 32.6 Å². The molecule has 0 saturated carbocycles. The lowest BCUT2D eigenvalue weighted by atomic mass is 10.00.